The smallest absolute Gasteiger partial charge is 0.110 e. The molecule has 0 spiro atoms. The number of fused-ring (bicyclic) bond motifs is 1. The molecule has 0 aliphatic heterocycles. The van der Waals surface area contributed by atoms with E-state index in [0.29, 0.717) is 5.56 Å². The molecule has 1 aromatic carbocycles. The first-order valence-corrected chi connectivity index (χ1v) is 7.31. The summed E-state index contributed by atoms with van der Waals surface area (Å²) < 4.78 is 7.60. The molecular weight excluding hydrogens is 262 g/mol. The van der Waals surface area contributed by atoms with E-state index in [1.807, 2.05) is 18.2 Å². The van der Waals surface area contributed by atoms with Crippen LogP contribution in [0.15, 0.2) is 18.2 Å². The minimum absolute atomic E-state index is 0.0471. The number of imidazole rings is 1. The Morgan fingerprint density at radius 3 is 2.67 bits per heavy atom. The van der Waals surface area contributed by atoms with Crippen molar-refractivity contribution in [1.82, 2.24) is 9.55 Å². The summed E-state index contributed by atoms with van der Waals surface area (Å²) >= 11 is 0. The molecule has 1 unspecified atom stereocenters. The van der Waals surface area contributed by atoms with Crippen LogP contribution in [0.5, 0.6) is 0 Å². The van der Waals surface area contributed by atoms with Crippen LogP contribution in [0.4, 0.5) is 0 Å². The molecule has 1 atom stereocenters. The van der Waals surface area contributed by atoms with Gasteiger partial charge >= 0.3 is 0 Å². The Labute approximate surface area is 126 Å². The quantitative estimate of drug-likeness (QED) is 0.862. The average molecular weight is 285 g/mol. The lowest BCUT2D eigenvalue weighted by atomic mass is 10.1. The number of aromatic nitrogens is 2. The maximum atomic E-state index is 9.04. The second-order valence-corrected chi connectivity index (χ2v) is 6.43. The fourth-order valence-electron chi connectivity index (χ4n) is 2.57. The monoisotopic (exact) mass is 285 g/mol. The number of aryl methyl sites for hydroxylation is 1. The maximum absolute atomic E-state index is 9.04. The first-order chi connectivity index (χ1) is 9.86. The van der Waals surface area contributed by atoms with Gasteiger partial charge in [-0.1, -0.05) is 0 Å². The molecule has 0 amide bonds. The molecule has 2 rings (SSSR count). The molecule has 0 saturated carbocycles. The molecule has 112 valence electrons. The number of rotatable bonds is 4. The van der Waals surface area contributed by atoms with Crippen molar-refractivity contribution in [3.63, 3.8) is 0 Å². The van der Waals surface area contributed by atoms with Crippen LogP contribution in [0.25, 0.3) is 11.0 Å². The predicted octanol–water partition coefficient (Wildman–Crippen LogP) is 3.63. The van der Waals surface area contributed by atoms with Gasteiger partial charge < -0.3 is 9.30 Å². The zero-order valence-electron chi connectivity index (χ0n) is 13.5. The van der Waals surface area contributed by atoms with Crippen molar-refractivity contribution in [3.8, 4) is 6.07 Å². The van der Waals surface area contributed by atoms with Gasteiger partial charge in [-0.15, -0.1) is 0 Å². The Balaban J connectivity index is 2.50. The molecule has 4 heteroatoms. The van der Waals surface area contributed by atoms with Crippen LogP contribution in [0.1, 0.15) is 45.5 Å². The number of benzene rings is 1. The molecule has 21 heavy (non-hydrogen) atoms. The molecule has 0 bridgehead atoms. The Bertz CT molecular complexity index is 674. The van der Waals surface area contributed by atoms with E-state index < -0.39 is 0 Å². The van der Waals surface area contributed by atoms with Gasteiger partial charge in [-0.2, -0.15) is 5.26 Å². The van der Waals surface area contributed by atoms with Gasteiger partial charge in [-0.05, 0) is 52.3 Å². The largest absolute Gasteiger partial charge is 0.382 e. The molecule has 0 radical (unpaired) electrons. The predicted molar refractivity (Wildman–Crippen MR) is 84.2 cm³/mol. The molecular formula is C17H23N3O. The van der Waals surface area contributed by atoms with Gasteiger partial charge in [0.1, 0.15) is 5.82 Å². The summed E-state index contributed by atoms with van der Waals surface area (Å²) in [6.45, 7) is 8.60. The molecule has 4 nitrogen and oxygen atoms in total. The molecule has 0 saturated heterocycles. The minimum Gasteiger partial charge on any atom is -0.382 e. The van der Waals surface area contributed by atoms with Gasteiger partial charge in [-0.25, -0.2) is 4.98 Å². The zero-order chi connectivity index (χ0) is 15.6. The highest BCUT2D eigenvalue weighted by Crippen LogP contribution is 2.26. The van der Waals surface area contributed by atoms with Crippen LogP contribution in [-0.2, 0) is 16.7 Å². The summed E-state index contributed by atoms with van der Waals surface area (Å²) in [7, 11) is 1.73. The first-order valence-electron chi connectivity index (χ1n) is 7.31. The van der Waals surface area contributed by atoms with Gasteiger partial charge in [0.2, 0.25) is 0 Å². The van der Waals surface area contributed by atoms with Crippen molar-refractivity contribution in [1.29, 1.82) is 5.26 Å². The Morgan fingerprint density at radius 2 is 2.10 bits per heavy atom. The van der Waals surface area contributed by atoms with E-state index in [1.165, 1.54) is 0 Å². The number of hydrogen-bond acceptors (Lipinski definition) is 3. The SMILES string of the molecule is COC(C)CCc1nc2cc(C#N)ccc2n1C(C)(C)C. The molecule has 2 aromatic rings. The van der Waals surface area contributed by atoms with Gasteiger partial charge in [0, 0.05) is 19.1 Å². The highest BCUT2D eigenvalue weighted by Gasteiger charge is 2.21. The van der Waals surface area contributed by atoms with E-state index in [2.05, 4.69) is 38.3 Å². The minimum atomic E-state index is -0.0471. The van der Waals surface area contributed by atoms with Crippen molar-refractivity contribution in [2.75, 3.05) is 7.11 Å². The second kappa shape index (κ2) is 5.87. The van der Waals surface area contributed by atoms with Crippen LogP contribution in [-0.4, -0.2) is 22.8 Å². The van der Waals surface area contributed by atoms with Crippen molar-refractivity contribution in [2.24, 2.45) is 0 Å². The molecule has 0 aliphatic carbocycles. The van der Waals surface area contributed by atoms with Crippen LogP contribution in [0.3, 0.4) is 0 Å². The van der Waals surface area contributed by atoms with Crippen molar-refractivity contribution >= 4 is 11.0 Å². The lowest BCUT2D eigenvalue weighted by Gasteiger charge is -2.25. The van der Waals surface area contributed by atoms with Crippen LogP contribution >= 0.6 is 0 Å². The number of methoxy groups -OCH3 is 1. The lowest BCUT2D eigenvalue weighted by Crippen LogP contribution is -2.24. The summed E-state index contributed by atoms with van der Waals surface area (Å²) in [6.07, 6.45) is 2.01. The molecule has 1 heterocycles. The summed E-state index contributed by atoms with van der Waals surface area (Å²) in [4.78, 5) is 4.75. The van der Waals surface area contributed by atoms with E-state index in [-0.39, 0.29) is 11.6 Å². The van der Waals surface area contributed by atoms with Gasteiger partial charge in [0.15, 0.2) is 0 Å². The zero-order valence-corrected chi connectivity index (χ0v) is 13.5. The Hall–Kier alpha value is -1.86. The van der Waals surface area contributed by atoms with E-state index in [1.54, 1.807) is 7.11 Å². The summed E-state index contributed by atoms with van der Waals surface area (Å²) in [6, 6.07) is 7.89. The Kier molecular flexibility index (Phi) is 4.34. The first kappa shape index (κ1) is 15.5. The van der Waals surface area contributed by atoms with Crippen molar-refractivity contribution in [3.05, 3.63) is 29.6 Å². The summed E-state index contributed by atoms with van der Waals surface area (Å²) in [5.74, 6) is 1.05. The van der Waals surface area contributed by atoms with E-state index in [0.717, 1.165) is 29.7 Å². The number of hydrogen-bond donors (Lipinski definition) is 0. The fraction of sp³-hybridized carbons (Fsp3) is 0.529. The number of ether oxygens (including phenoxy) is 1. The van der Waals surface area contributed by atoms with E-state index >= 15 is 0 Å². The van der Waals surface area contributed by atoms with Crippen molar-refractivity contribution in [2.45, 2.75) is 52.2 Å². The third kappa shape index (κ3) is 3.25. The number of nitriles is 1. The topological polar surface area (TPSA) is 50.8 Å². The second-order valence-electron chi connectivity index (χ2n) is 6.43. The fourth-order valence-corrected chi connectivity index (χ4v) is 2.57. The van der Waals surface area contributed by atoms with Gasteiger partial charge in [-0.3, -0.25) is 0 Å². The summed E-state index contributed by atoms with van der Waals surface area (Å²) in [5, 5.41) is 9.04. The third-order valence-corrected chi connectivity index (χ3v) is 3.70. The van der Waals surface area contributed by atoms with Crippen LogP contribution in [0, 0.1) is 11.3 Å². The molecule has 1 aromatic heterocycles. The number of nitrogens with zero attached hydrogens (tertiary/aromatic N) is 3. The molecule has 0 aliphatic rings. The molecule has 0 fully saturated rings. The van der Waals surface area contributed by atoms with E-state index in [9.17, 15) is 0 Å². The third-order valence-electron chi connectivity index (χ3n) is 3.70. The Morgan fingerprint density at radius 1 is 1.38 bits per heavy atom. The highest BCUT2D eigenvalue weighted by atomic mass is 16.5. The van der Waals surface area contributed by atoms with E-state index in [4.69, 9.17) is 15.0 Å². The lowest BCUT2D eigenvalue weighted by molar-refractivity contribution is 0.110. The highest BCUT2D eigenvalue weighted by molar-refractivity contribution is 5.78. The van der Waals surface area contributed by atoms with Crippen LogP contribution in [0.2, 0.25) is 0 Å². The van der Waals surface area contributed by atoms with Crippen molar-refractivity contribution < 1.29 is 4.74 Å². The molecule has 0 N–H and O–H groups in total. The van der Waals surface area contributed by atoms with Gasteiger partial charge in [0.25, 0.3) is 0 Å². The standard InChI is InChI=1S/C17H23N3O/c1-12(21-5)6-9-16-19-14-10-13(11-18)7-8-15(14)20(16)17(2,3)4/h7-8,10,12H,6,9H2,1-5H3. The van der Waals surface area contributed by atoms with Gasteiger partial charge in [0.05, 0.1) is 28.8 Å². The summed E-state index contributed by atoms with van der Waals surface area (Å²) in [5.41, 5.74) is 2.58. The normalized spacial score (nSPS) is 13.3. The average Bonchev–Trinajstić information content (AvgIpc) is 2.81. The van der Waals surface area contributed by atoms with Crippen LogP contribution < -0.4 is 0 Å². The maximum Gasteiger partial charge on any atom is 0.110 e.